The molecule has 0 radical (unpaired) electrons. The minimum atomic E-state index is -4.16. The topological polar surface area (TPSA) is 80.4 Å². The van der Waals surface area contributed by atoms with E-state index in [1.54, 1.807) is 0 Å². The van der Waals surface area contributed by atoms with Crippen molar-refractivity contribution in [3.63, 3.8) is 0 Å². The largest absolute Gasteiger partial charge is 0.311 e. The van der Waals surface area contributed by atoms with E-state index < -0.39 is 15.0 Å². The van der Waals surface area contributed by atoms with Gasteiger partial charge in [0.25, 0.3) is 10.1 Å². The third kappa shape index (κ3) is 2.10. The molecule has 0 aromatic carbocycles. The van der Waals surface area contributed by atoms with Crippen LogP contribution in [0.1, 0.15) is 39.5 Å². The van der Waals surface area contributed by atoms with Gasteiger partial charge >= 0.3 is 0 Å². The summed E-state index contributed by atoms with van der Waals surface area (Å²) >= 11 is 0. The zero-order valence-corrected chi connectivity index (χ0v) is 9.55. The van der Waals surface area contributed by atoms with Crippen LogP contribution < -0.4 is 5.73 Å². The highest BCUT2D eigenvalue weighted by molar-refractivity contribution is 7.87. The summed E-state index contributed by atoms with van der Waals surface area (Å²) in [6.45, 7) is 3.41. The second kappa shape index (κ2) is 3.79. The van der Waals surface area contributed by atoms with Crippen LogP contribution >= 0.6 is 0 Å². The molecule has 3 N–H and O–H groups in total. The first-order valence-electron chi connectivity index (χ1n) is 5.02. The molecule has 14 heavy (non-hydrogen) atoms. The van der Waals surface area contributed by atoms with Gasteiger partial charge in [-0.25, -0.2) is 0 Å². The first-order chi connectivity index (χ1) is 6.27. The van der Waals surface area contributed by atoms with E-state index in [4.69, 9.17) is 10.3 Å². The summed E-state index contributed by atoms with van der Waals surface area (Å²) < 4.78 is 31.3. The highest BCUT2D eigenvalue weighted by Crippen LogP contribution is 2.37. The molecule has 0 saturated heterocycles. The van der Waals surface area contributed by atoms with Crippen molar-refractivity contribution in [3.8, 4) is 0 Å². The van der Waals surface area contributed by atoms with Crippen molar-refractivity contribution < 1.29 is 13.0 Å². The lowest BCUT2D eigenvalue weighted by Gasteiger charge is -2.38. The molecule has 0 aromatic rings. The number of nitrogens with two attached hydrogens (primary N) is 1. The van der Waals surface area contributed by atoms with Crippen LogP contribution in [0.2, 0.25) is 0 Å². The van der Waals surface area contributed by atoms with Crippen LogP contribution in [0.15, 0.2) is 0 Å². The molecule has 0 amide bonds. The van der Waals surface area contributed by atoms with E-state index in [0.29, 0.717) is 0 Å². The average Bonchev–Trinajstić information content (AvgIpc) is 2.02. The number of rotatable bonds is 2. The van der Waals surface area contributed by atoms with Crippen molar-refractivity contribution in [2.75, 3.05) is 0 Å². The van der Waals surface area contributed by atoms with Crippen molar-refractivity contribution in [1.82, 2.24) is 0 Å². The zero-order valence-electron chi connectivity index (χ0n) is 8.73. The molecule has 0 aromatic heterocycles. The summed E-state index contributed by atoms with van der Waals surface area (Å²) in [4.78, 5) is -1.49. The normalized spacial score (nSPS) is 33.7. The standard InChI is InChI=1S/C9H19NO3S/c1-7-5-3-4-6-8(7)9(2,10)14(11,12)13/h7-8H,3-6,10H2,1-2H3,(H,11,12,13). The molecule has 5 heteroatoms. The molecule has 4 nitrogen and oxygen atoms in total. The molecule has 1 aliphatic carbocycles. The predicted octanol–water partition coefficient (Wildman–Crippen LogP) is 1.38. The van der Waals surface area contributed by atoms with Crippen LogP contribution in [0.25, 0.3) is 0 Å². The molecular formula is C9H19NO3S. The SMILES string of the molecule is CC1CCCCC1C(C)(N)S(=O)(=O)O. The van der Waals surface area contributed by atoms with Crippen molar-refractivity contribution >= 4 is 10.1 Å². The Morgan fingerprint density at radius 1 is 1.36 bits per heavy atom. The summed E-state index contributed by atoms with van der Waals surface area (Å²) in [6, 6.07) is 0. The number of hydrogen-bond donors (Lipinski definition) is 2. The Morgan fingerprint density at radius 3 is 2.29 bits per heavy atom. The van der Waals surface area contributed by atoms with E-state index in [1.807, 2.05) is 6.92 Å². The van der Waals surface area contributed by atoms with Gasteiger partial charge in [0.1, 0.15) is 4.87 Å². The molecule has 0 bridgehead atoms. The van der Waals surface area contributed by atoms with Crippen LogP contribution in [-0.4, -0.2) is 17.8 Å². The Balaban J connectivity index is 2.91. The molecule has 0 spiro atoms. The maximum atomic E-state index is 11.1. The second-order valence-electron chi connectivity index (χ2n) is 4.53. The van der Waals surface area contributed by atoms with Crippen LogP contribution in [0.4, 0.5) is 0 Å². The molecule has 84 valence electrons. The van der Waals surface area contributed by atoms with Gasteiger partial charge in [0.05, 0.1) is 0 Å². The first kappa shape index (κ1) is 11.9. The van der Waals surface area contributed by atoms with E-state index in [1.165, 1.54) is 6.92 Å². The van der Waals surface area contributed by atoms with Gasteiger partial charge in [-0.1, -0.05) is 26.2 Å². The summed E-state index contributed by atoms with van der Waals surface area (Å²) in [6.07, 6.45) is 3.90. The van der Waals surface area contributed by atoms with Gasteiger partial charge in [-0.2, -0.15) is 8.42 Å². The van der Waals surface area contributed by atoms with E-state index in [0.717, 1.165) is 25.7 Å². The van der Waals surface area contributed by atoms with Gasteiger partial charge in [-0.05, 0) is 25.2 Å². The van der Waals surface area contributed by atoms with Crippen molar-refractivity contribution in [2.45, 2.75) is 44.4 Å². The zero-order chi connectivity index (χ0) is 11.0. The highest BCUT2D eigenvalue weighted by atomic mass is 32.2. The molecule has 1 aliphatic rings. The fourth-order valence-electron chi connectivity index (χ4n) is 2.36. The fourth-order valence-corrected chi connectivity index (χ4v) is 3.09. The highest BCUT2D eigenvalue weighted by Gasteiger charge is 2.44. The quantitative estimate of drug-likeness (QED) is 0.690. The van der Waals surface area contributed by atoms with E-state index in [2.05, 4.69) is 0 Å². The van der Waals surface area contributed by atoms with E-state index in [-0.39, 0.29) is 11.8 Å². The molecule has 3 atom stereocenters. The van der Waals surface area contributed by atoms with Gasteiger partial charge in [-0.15, -0.1) is 0 Å². The lowest BCUT2D eigenvalue weighted by atomic mass is 9.76. The molecule has 0 heterocycles. The minimum Gasteiger partial charge on any atom is -0.311 e. The third-order valence-corrected chi connectivity index (χ3v) is 4.82. The molecule has 0 aliphatic heterocycles. The van der Waals surface area contributed by atoms with Crippen LogP contribution in [0, 0.1) is 11.8 Å². The van der Waals surface area contributed by atoms with Crippen LogP contribution in [0.5, 0.6) is 0 Å². The number of hydrogen-bond acceptors (Lipinski definition) is 3. The lowest BCUT2D eigenvalue weighted by molar-refractivity contribution is 0.194. The summed E-state index contributed by atoms with van der Waals surface area (Å²) in [5, 5.41) is 0. The van der Waals surface area contributed by atoms with Crippen LogP contribution in [-0.2, 0) is 10.1 Å². The molecule has 1 saturated carbocycles. The summed E-state index contributed by atoms with van der Waals surface area (Å²) in [5.41, 5.74) is 5.72. The minimum absolute atomic E-state index is 0.133. The Labute approximate surface area is 85.6 Å². The van der Waals surface area contributed by atoms with Crippen molar-refractivity contribution in [1.29, 1.82) is 0 Å². The second-order valence-corrected chi connectivity index (χ2v) is 6.36. The van der Waals surface area contributed by atoms with E-state index >= 15 is 0 Å². The smallest absolute Gasteiger partial charge is 0.283 e. The van der Waals surface area contributed by atoms with Crippen LogP contribution in [0.3, 0.4) is 0 Å². The lowest BCUT2D eigenvalue weighted by Crippen LogP contribution is -2.53. The van der Waals surface area contributed by atoms with Gasteiger partial charge in [0.2, 0.25) is 0 Å². The molecule has 1 rings (SSSR count). The fraction of sp³-hybridized carbons (Fsp3) is 1.00. The molecular weight excluding hydrogens is 202 g/mol. The maximum Gasteiger partial charge on any atom is 0.283 e. The monoisotopic (exact) mass is 221 g/mol. The predicted molar refractivity (Wildman–Crippen MR) is 55.3 cm³/mol. The van der Waals surface area contributed by atoms with Gasteiger partial charge in [0.15, 0.2) is 0 Å². The van der Waals surface area contributed by atoms with Gasteiger partial charge in [-0.3, -0.25) is 4.55 Å². The van der Waals surface area contributed by atoms with Crippen molar-refractivity contribution in [2.24, 2.45) is 17.6 Å². The van der Waals surface area contributed by atoms with Crippen molar-refractivity contribution in [3.05, 3.63) is 0 Å². The Hall–Kier alpha value is -0.130. The maximum absolute atomic E-state index is 11.1. The summed E-state index contributed by atoms with van der Waals surface area (Å²) in [7, 11) is -4.16. The average molecular weight is 221 g/mol. The Morgan fingerprint density at radius 2 is 1.86 bits per heavy atom. The third-order valence-electron chi connectivity index (χ3n) is 3.40. The van der Waals surface area contributed by atoms with Gasteiger partial charge < -0.3 is 5.73 Å². The first-order valence-corrected chi connectivity index (χ1v) is 6.46. The summed E-state index contributed by atoms with van der Waals surface area (Å²) in [5.74, 6) is 0.131. The Bertz CT molecular complexity index is 297. The molecule has 1 fully saturated rings. The molecule has 3 unspecified atom stereocenters. The van der Waals surface area contributed by atoms with Gasteiger partial charge in [0, 0.05) is 0 Å². The van der Waals surface area contributed by atoms with E-state index in [9.17, 15) is 8.42 Å². The Kier molecular flexibility index (Phi) is 3.23.